The number of carbonyl (C=O) groups excluding carboxylic acids is 1. The van der Waals surface area contributed by atoms with Crippen LogP contribution in [0.15, 0.2) is 46.0 Å². The number of nitriles is 1. The number of amides is 1. The van der Waals surface area contributed by atoms with Gasteiger partial charge < -0.3 is 10.2 Å². The molecule has 1 amide bonds. The Morgan fingerprint density at radius 3 is 2.74 bits per heavy atom. The first-order chi connectivity index (χ1) is 11.1. The molecule has 1 heterocycles. The van der Waals surface area contributed by atoms with Crippen LogP contribution in [-0.2, 0) is 5.75 Å². The number of halogens is 1. The lowest BCUT2D eigenvalue weighted by Crippen LogP contribution is -2.11. The summed E-state index contributed by atoms with van der Waals surface area (Å²) in [4.78, 5) is 15.5. The summed E-state index contributed by atoms with van der Waals surface area (Å²) < 4.78 is 19.0. The molecule has 0 unspecified atom stereocenters. The molecule has 3 rings (SSSR count). The number of hydrogen-bond donors (Lipinski definition) is 1. The summed E-state index contributed by atoms with van der Waals surface area (Å²) >= 11 is 1.30. The third kappa shape index (κ3) is 3.17. The lowest BCUT2D eigenvalue weighted by Gasteiger charge is -1.98. The fourth-order valence-corrected chi connectivity index (χ4v) is 2.83. The number of hydrogen-bond acceptors (Lipinski definition) is 5. The molecule has 2 N–H and O–H groups in total. The minimum absolute atomic E-state index is 0.0299. The van der Waals surface area contributed by atoms with Gasteiger partial charge in [-0.1, -0.05) is 23.9 Å². The van der Waals surface area contributed by atoms with Crippen LogP contribution in [0, 0.1) is 17.1 Å². The van der Waals surface area contributed by atoms with Crippen molar-refractivity contribution in [1.82, 2.24) is 4.98 Å². The van der Waals surface area contributed by atoms with Crippen molar-refractivity contribution < 1.29 is 13.6 Å². The Kier molecular flexibility index (Phi) is 4.00. The number of rotatable bonds is 4. The van der Waals surface area contributed by atoms with E-state index in [4.69, 9.17) is 15.4 Å². The molecule has 0 spiro atoms. The van der Waals surface area contributed by atoms with E-state index in [0.29, 0.717) is 16.5 Å². The number of carbonyl (C=O) groups is 1. The van der Waals surface area contributed by atoms with Gasteiger partial charge in [-0.2, -0.15) is 5.26 Å². The van der Waals surface area contributed by atoms with Crippen LogP contribution in [-0.4, -0.2) is 10.9 Å². The molecule has 2 aromatic carbocycles. The van der Waals surface area contributed by atoms with E-state index in [0.717, 1.165) is 11.6 Å². The Labute approximate surface area is 134 Å². The van der Waals surface area contributed by atoms with Crippen molar-refractivity contribution in [2.24, 2.45) is 5.73 Å². The van der Waals surface area contributed by atoms with Crippen LogP contribution in [0.4, 0.5) is 4.39 Å². The fraction of sp³-hybridized carbons (Fsp3) is 0.0625. The van der Waals surface area contributed by atoms with Crippen LogP contribution in [0.3, 0.4) is 0 Å². The first-order valence-electron chi connectivity index (χ1n) is 6.58. The van der Waals surface area contributed by atoms with Gasteiger partial charge >= 0.3 is 0 Å². The number of fused-ring (bicyclic) bond motifs is 1. The van der Waals surface area contributed by atoms with E-state index >= 15 is 0 Å². The molecule has 1 aromatic heterocycles. The standard InChI is InChI=1S/C16H10FN3O2S/c17-11-5-12(15(19)21)14-13(6-11)20-16(22-14)23-8-10-3-1-9(7-18)2-4-10/h1-6H,8H2,(H2,19,21). The highest BCUT2D eigenvalue weighted by Crippen LogP contribution is 2.28. The van der Waals surface area contributed by atoms with E-state index < -0.39 is 11.7 Å². The number of aromatic nitrogens is 1. The molecule has 0 aliphatic rings. The van der Waals surface area contributed by atoms with Gasteiger partial charge in [0.15, 0.2) is 5.58 Å². The molecule has 0 radical (unpaired) electrons. The Hall–Kier alpha value is -2.85. The van der Waals surface area contributed by atoms with E-state index in [-0.39, 0.29) is 16.7 Å². The van der Waals surface area contributed by atoms with Gasteiger partial charge in [0.1, 0.15) is 11.3 Å². The molecule has 0 aliphatic carbocycles. The van der Waals surface area contributed by atoms with Gasteiger partial charge in [0.25, 0.3) is 11.1 Å². The molecular formula is C16H10FN3O2S. The van der Waals surface area contributed by atoms with Gasteiger partial charge in [-0.3, -0.25) is 4.79 Å². The monoisotopic (exact) mass is 327 g/mol. The minimum atomic E-state index is -0.769. The predicted molar refractivity (Wildman–Crippen MR) is 83.2 cm³/mol. The normalized spacial score (nSPS) is 10.6. The molecule has 0 aliphatic heterocycles. The minimum Gasteiger partial charge on any atom is -0.430 e. The van der Waals surface area contributed by atoms with Gasteiger partial charge in [0, 0.05) is 11.8 Å². The van der Waals surface area contributed by atoms with Crippen LogP contribution >= 0.6 is 11.8 Å². The van der Waals surface area contributed by atoms with Gasteiger partial charge in [0.05, 0.1) is 17.2 Å². The highest BCUT2D eigenvalue weighted by Gasteiger charge is 2.16. The fourth-order valence-electron chi connectivity index (χ4n) is 2.04. The van der Waals surface area contributed by atoms with Crippen LogP contribution in [0.5, 0.6) is 0 Å². The number of nitrogens with zero attached hydrogens (tertiary/aromatic N) is 2. The van der Waals surface area contributed by atoms with Crippen LogP contribution < -0.4 is 5.73 Å². The zero-order valence-electron chi connectivity index (χ0n) is 11.7. The number of primary amides is 1. The van der Waals surface area contributed by atoms with Gasteiger partial charge in [-0.25, -0.2) is 9.37 Å². The second-order valence-corrected chi connectivity index (χ2v) is 5.67. The third-order valence-corrected chi connectivity index (χ3v) is 4.05. The lowest BCUT2D eigenvalue weighted by atomic mass is 10.2. The molecule has 114 valence electrons. The van der Waals surface area contributed by atoms with Crippen molar-refractivity contribution >= 4 is 28.8 Å². The van der Waals surface area contributed by atoms with E-state index in [9.17, 15) is 9.18 Å². The number of thioether (sulfide) groups is 1. The summed E-state index contributed by atoms with van der Waals surface area (Å²) in [5.41, 5.74) is 7.20. The Morgan fingerprint density at radius 1 is 1.35 bits per heavy atom. The largest absolute Gasteiger partial charge is 0.430 e. The molecule has 23 heavy (non-hydrogen) atoms. The van der Waals surface area contributed by atoms with Crippen molar-refractivity contribution in [3.05, 3.63) is 58.9 Å². The Morgan fingerprint density at radius 2 is 2.09 bits per heavy atom. The van der Waals surface area contributed by atoms with Crippen molar-refractivity contribution in [2.45, 2.75) is 11.0 Å². The summed E-state index contributed by atoms with van der Waals surface area (Å²) in [6.07, 6.45) is 0. The predicted octanol–water partition coefficient (Wildman–Crippen LogP) is 3.23. The topological polar surface area (TPSA) is 92.9 Å². The third-order valence-electron chi connectivity index (χ3n) is 3.15. The zero-order chi connectivity index (χ0) is 16.4. The molecule has 0 atom stereocenters. The van der Waals surface area contributed by atoms with E-state index in [1.807, 2.05) is 12.1 Å². The molecule has 3 aromatic rings. The summed E-state index contributed by atoms with van der Waals surface area (Å²) in [6.45, 7) is 0. The highest BCUT2D eigenvalue weighted by molar-refractivity contribution is 7.98. The van der Waals surface area contributed by atoms with Crippen LogP contribution in [0.1, 0.15) is 21.5 Å². The maximum atomic E-state index is 13.5. The average Bonchev–Trinajstić information content (AvgIpc) is 2.95. The molecule has 0 saturated heterocycles. The number of benzene rings is 2. The number of nitrogens with two attached hydrogens (primary N) is 1. The second kappa shape index (κ2) is 6.10. The Balaban J connectivity index is 1.84. The van der Waals surface area contributed by atoms with Crippen molar-refractivity contribution in [3.8, 4) is 6.07 Å². The zero-order valence-corrected chi connectivity index (χ0v) is 12.6. The van der Waals surface area contributed by atoms with Crippen molar-refractivity contribution in [2.75, 3.05) is 0 Å². The molecule has 5 nitrogen and oxygen atoms in total. The quantitative estimate of drug-likeness (QED) is 0.743. The van der Waals surface area contributed by atoms with E-state index in [1.54, 1.807) is 12.1 Å². The maximum Gasteiger partial charge on any atom is 0.257 e. The van der Waals surface area contributed by atoms with Crippen LogP contribution in [0.2, 0.25) is 0 Å². The SMILES string of the molecule is N#Cc1ccc(CSc2nc3cc(F)cc(C(N)=O)c3o2)cc1. The first kappa shape index (κ1) is 15.1. The summed E-state index contributed by atoms with van der Waals surface area (Å²) in [5.74, 6) is -0.801. The van der Waals surface area contributed by atoms with E-state index in [2.05, 4.69) is 11.1 Å². The van der Waals surface area contributed by atoms with Crippen molar-refractivity contribution in [1.29, 1.82) is 5.26 Å². The molecule has 7 heteroatoms. The highest BCUT2D eigenvalue weighted by atomic mass is 32.2. The van der Waals surface area contributed by atoms with Crippen molar-refractivity contribution in [3.63, 3.8) is 0 Å². The Bertz CT molecular complexity index is 929. The lowest BCUT2D eigenvalue weighted by molar-refractivity contribution is 0.100. The van der Waals surface area contributed by atoms with Gasteiger partial charge in [-0.05, 0) is 23.8 Å². The maximum absolute atomic E-state index is 13.5. The first-order valence-corrected chi connectivity index (χ1v) is 7.57. The van der Waals surface area contributed by atoms with Crippen LogP contribution in [0.25, 0.3) is 11.1 Å². The molecule has 0 saturated carbocycles. The second-order valence-electron chi connectivity index (χ2n) is 4.74. The smallest absolute Gasteiger partial charge is 0.257 e. The molecule has 0 bridgehead atoms. The number of oxazole rings is 1. The van der Waals surface area contributed by atoms with Gasteiger partial charge in [-0.15, -0.1) is 0 Å². The summed E-state index contributed by atoms with van der Waals surface area (Å²) in [5, 5.41) is 9.08. The van der Waals surface area contributed by atoms with Gasteiger partial charge in [0.2, 0.25) is 0 Å². The van der Waals surface area contributed by atoms with E-state index in [1.165, 1.54) is 17.8 Å². The molecular weight excluding hydrogens is 317 g/mol. The summed E-state index contributed by atoms with van der Waals surface area (Å²) in [6, 6.07) is 11.4. The average molecular weight is 327 g/mol. The summed E-state index contributed by atoms with van der Waals surface area (Å²) in [7, 11) is 0. The molecule has 0 fully saturated rings.